The maximum absolute atomic E-state index is 12.1. The molecule has 2 aromatic heterocycles. The Morgan fingerprint density at radius 1 is 1.00 bits per heavy atom. The molecule has 6 heteroatoms. The van der Waals surface area contributed by atoms with E-state index in [0.717, 1.165) is 18.7 Å². The number of thiophene rings is 1. The molecule has 3 rings (SSSR count). The van der Waals surface area contributed by atoms with Gasteiger partial charge >= 0.3 is 0 Å². The number of nitrogens with one attached hydrogen (secondary N) is 2. The number of benzene rings is 1. The van der Waals surface area contributed by atoms with Gasteiger partial charge in [-0.2, -0.15) is 0 Å². The standard InChI is InChI=1S/C17H16N4OS/c22-17(19-13-5-2-1-3-6-13)15-8-9-16(21-20-15)18-11-10-14-7-4-12-23-14/h1-9,12H,10-11H2,(H,18,21)(H,19,22). The van der Waals surface area contributed by atoms with Crippen molar-refractivity contribution in [2.75, 3.05) is 17.2 Å². The molecule has 0 fully saturated rings. The second kappa shape index (κ2) is 7.51. The highest BCUT2D eigenvalue weighted by Gasteiger charge is 2.08. The van der Waals surface area contributed by atoms with E-state index >= 15 is 0 Å². The molecule has 0 saturated carbocycles. The van der Waals surface area contributed by atoms with E-state index in [1.54, 1.807) is 23.5 Å². The number of carbonyl (C=O) groups is 1. The van der Waals surface area contributed by atoms with E-state index in [4.69, 9.17) is 0 Å². The predicted molar refractivity (Wildman–Crippen MR) is 92.9 cm³/mol. The number of aromatic nitrogens is 2. The van der Waals surface area contributed by atoms with Gasteiger partial charge in [0.25, 0.3) is 5.91 Å². The van der Waals surface area contributed by atoms with Gasteiger partial charge in [0.15, 0.2) is 5.69 Å². The molecule has 3 aromatic rings. The summed E-state index contributed by atoms with van der Waals surface area (Å²) in [4.78, 5) is 13.4. The van der Waals surface area contributed by atoms with Crippen LogP contribution in [0.1, 0.15) is 15.4 Å². The highest BCUT2D eigenvalue weighted by atomic mass is 32.1. The lowest BCUT2D eigenvalue weighted by molar-refractivity contribution is 0.102. The lowest BCUT2D eigenvalue weighted by atomic mass is 10.3. The first-order valence-electron chi connectivity index (χ1n) is 7.27. The molecule has 0 saturated heterocycles. The average molecular weight is 324 g/mol. The molecule has 0 unspecified atom stereocenters. The van der Waals surface area contributed by atoms with Gasteiger partial charge in [0.2, 0.25) is 0 Å². The van der Waals surface area contributed by atoms with Gasteiger partial charge in [-0.25, -0.2) is 0 Å². The lowest BCUT2D eigenvalue weighted by Crippen LogP contribution is -2.15. The van der Waals surface area contributed by atoms with Crippen LogP contribution in [0.15, 0.2) is 60.0 Å². The van der Waals surface area contributed by atoms with Crippen molar-refractivity contribution >= 4 is 28.7 Å². The summed E-state index contributed by atoms with van der Waals surface area (Å²) in [6, 6.07) is 16.8. The van der Waals surface area contributed by atoms with Crippen molar-refractivity contribution in [2.45, 2.75) is 6.42 Å². The Labute approximate surface area is 138 Å². The summed E-state index contributed by atoms with van der Waals surface area (Å²) in [5.41, 5.74) is 1.02. The van der Waals surface area contributed by atoms with Crippen LogP contribution in [0, 0.1) is 0 Å². The van der Waals surface area contributed by atoms with Gasteiger partial charge in [-0.05, 0) is 42.1 Å². The monoisotopic (exact) mass is 324 g/mol. The third kappa shape index (κ3) is 4.37. The first-order chi connectivity index (χ1) is 11.3. The third-order valence-corrected chi connectivity index (χ3v) is 4.12. The van der Waals surface area contributed by atoms with Gasteiger partial charge in [0, 0.05) is 17.1 Å². The van der Waals surface area contributed by atoms with Crippen molar-refractivity contribution in [3.8, 4) is 0 Å². The van der Waals surface area contributed by atoms with Gasteiger partial charge in [-0.1, -0.05) is 24.3 Å². The molecule has 0 aliphatic rings. The zero-order valence-electron chi connectivity index (χ0n) is 12.4. The largest absolute Gasteiger partial charge is 0.368 e. The molecule has 0 aliphatic heterocycles. The highest BCUT2D eigenvalue weighted by Crippen LogP contribution is 2.10. The van der Waals surface area contributed by atoms with E-state index in [1.165, 1.54) is 4.88 Å². The summed E-state index contributed by atoms with van der Waals surface area (Å²) in [6.45, 7) is 0.782. The second-order valence-corrected chi connectivity index (χ2v) is 5.91. The summed E-state index contributed by atoms with van der Waals surface area (Å²) in [5, 5.41) is 16.1. The van der Waals surface area contributed by atoms with Crippen molar-refractivity contribution in [3.63, 3.8) is 0 Å². The van der Waals surface area contributed by atoms with Crippen LogP contribution >= 0.6 is 11.3 Å². The maximum Gasteiger partial charge on any atom is 0.276 e. The minimum absolute atomic E-state index is 0.270. The van der Waals surface area contributed by atoms with E-state index in [9.17, 15) is 4.79 Å². The number of para-hydroxylation sites is 1. The molecule has 23 heavy (non-hydrogen) atoms. The fourth-order valence-electron chi connectivity index (χ4n) is 2.03. The van der Waals surface area contributed by atoms with Crippen LogP contribution in [-0.2, 0) is 6.42 Å². The molecule has 1 amide bonds. The number of carbonyl (C=O) groups excluding carboxylic acids is 1. The van der Waals surface area contributed by atoms with Gasteiger partial charge < -0.3 is 10.6 Å². The van der Waals surface area contributed by atoms with E-state index in [2.05, 4.69) is 32.3 Å². The molecule has 0 radical (unpaired) electrons. The fraction of sp³-hybridized carbons (Fsp3) is 0.118. The number of hydrogen-bond donors (Lipinski definition) is 2. The first kappa shape index (κ1) is 15.2. The molecule has 0 aliphatic carbocycles. The molecular formula is C17H16N4OS. The molecule has 116 valence electrons. The molecule has 2 N–H and O–H groups in total. The lowest BCUT2D eigenvalue weighted by Gasteiger charge is -2.06. The number of amides is 1. The third-order valence-electron chi connectivity index (χ3n) is 3.19. The van der Waals surface area contributed by atoms with E-state index in [0.29, 0.717) is 5.82 Å². The molecule has 5 nitrogen and oxygen atoms in total. The van der Waals surface area contributed by atoms with E-state index in [-0.39, 0.29) is 11.6 Å². The van der Waals surface area contributed by atoms with Crippen LogP contribution < -0.4 is 10.6 Å². The predicted octanol–water partition coefficient (Wildman–Crippen LogP) is 3.45. The van der Waals surface area contributed by atoms with E-state index < -0.39 is 0 Å². The molecule has 2 heterocycles. The maximum atomic E-state index is 12.1. The number of rotatable bonds is 6. The van der Waals surface area contributed by atoms with Crippen LogP contribution in [0.25, 0.3) is 0 Å². The summed E-state index contributed by atoms with van der Waals surface area (Å²) in [6.07, 6.45) is 0.940. The van der Waals surface area contributed by atoms with Gasteiger partial charge in [-0.3, -0.25) is 4.79 Å². The first-order valence-corrected chi connectivity index (χ1v) is 8.15. The Morgan fingerprint density at radius 3 is 2.57 bits per heavy atom. The molecule has 0 bridgehead atoms. The van der Waals surface area contributed by atoms with Gasteiger partial charge in [0.05, 0.1) is 0 Å². The number of nitrogens with zero attached hydrogens (tertiary/aromatic N) is 2. The molecular weight excluding hydrogens is 308 g/mol. The fourth-order valence-corrected chi connectivity index (χ4v) is 2.74. The summed E-state index contributed by atoms with van der Waals surface area (Å²) < 4.78 is 0. The van der Waals surface area contributed by atoms with Crippen molar-refractivity contribution in [3.05, 3.63) is 70.5 Å². The Hall–Kier alpha value is -2.73. The van der Waals surface area contributed by atoms with Crippen LogP contribution in [-0.4, -0.2) is 22.6 Å². The quantitative estimate of drug-likeness (QED) is 0.729. The Balaban J connectivity index is 1.53. The topological polar surface area (TPSA) is 66.9 Å². The normalized spacial score (nSPS) is 10.3. The Kier molecular flexibility index (Phi) is 4.95. The summed E-state index contributed by atoms with van der Waals surface area (Å²) >= 11 is 1.74. The molecule has 1 aromatic carbocycles. The Morgan fingerprint density at radius 2 is 1.87 bits per heavy atom. The highest BCUT2D eigenvalue weighted by molar-refractivity contribution is 7.09. The minimum Gasteiger partial charge on any atom is -0.368 e. The number of anilines is 2. The van der Waals surface area contributed by atoms with Crippen molar-refractivity contribution in [2.24, 2.45) is 0 Å². The van der Waals surface area contributed by atoms with Crippen LogP contribution in [0.3, 0.4) is 0 Å². The zero-order valence-corrected chi connectivity index (χ0v) is 13.2. The van der Waals surface area contributed by atoms with Crippen LogP contribution in [0.5, 0.6) is 0 Å². The number of hydrogen-bond acceptors (Lipinski definition) is 5. The van der Waals surface area contributed by atoms with Gasteiger partial charge in [-0.15, -0.1) is 21.5 Å². The molecule has 0 atom stereocenters. The van der Waals surface area contributed by atoms with E-state index in [1.807, 2.05) is 36.4 Å². The van der Waals surface area contributed by atoms with Crippen LogP contribution in [0.2, 0.25) is 0 Å². The minimum atomic E-state index is -0.270. The van der Waals surface area contributed by atoms with Crippen molar-refractivity contribution in [1.82, 2.24) is 10.2 Å². The van der Waals surface area contributed by atoms with Crippen molar-refractivity contribution in [1.29, 1.82) is 0 Å². The summed E-state index contributed by atoms with van der Waals surface area (Å²) in [7, 11) is 0. The zero-order chi connectivity index (χ0) is 15.9. The average Bonchev–Trinajstić information content (AvgIpc) is 3.10. The second-order valence-electron chi connectivity index (χ2n) is 4.88. The molecule has 0 spiro atoms. The SMILES string of the molecule is O=C(Nc1ccccc1)c1ccc(NCCc2cccs2)nn1. The van der Waals surface area contributed by atoms with Gasteiger partial charge in [0.1, 0.15) is 5.82 Å². The van der Waals surface area contributed by atoms with Crippen molar-refractivity contribution < 1.29 is 4.79 Å². The smallest absolute Gasteiger partial charge is 0.276 e. The van der Waals surface area contributed by atoms with Crippen LogP contribution in [0.4, 0.5) is 11.5 Å². The summed E-state index contributed by atoms with van der Waals surface area (Å²) in [5.74, 6) is 0.395. The Bertz CT molecular complexity index is 742.